The quantitative estimate of drug-likeness (QED) is 0.306. The first-order valence-corrected chi connectivity index (χ1v) is 16.1. The van der Waals surface area contributed by atoms with E-state index in [4.69, 9.17) is 32.5 Å². The summed E-state index contributed by atoms with van der Waals surface area (Å²) in [5, 5.41) is 5.31. The molecule has 13 heteroatoms. The first-order chi connectivity index (χ1) is 19.6. The van der Waals surface area contributed by atoms with E-state index < -0.39 is 21.7 Å². The van der Waals surface area contributed by atoms with Crippen LogP contribution in [0.2, 0.25) is 10.0 Å². The number of pyridine rings is 1. The normalized spacial score (nSPS) is 22.0. The SMILES string of the molecule is CCCS(=O)(=O)NC(=O)c1cnc(N2C[C@@H]3CC2C[C@H]3OCc2c(-c3c(Cl)cccc3Cl)noc2C2CC2)c(F)c1. The molecule has 1 amide bonds. The van der Waals surface area contributed by atoms with E-state index in [-0.39, 0.29) is 35.2 Å². The van der Waals surface area contributed by atoms with E-state index in [1.807, 2.05) is 9.62 Å². The molecule has 3 aromatic rings. The summed E-state index contributed by atoms with van der Waals surface area (Å²) in [7, 11) is -3.78. The molecule has 3 aliphatic rings. The Bertz CT molecular complexity index is 1580. The fraction of sp³-hybridized carbons (Fsp3) is 0.464. The Morgan fingerprint density at radius 3 is 2.63 bits per heavy atom. The molecule has 3 fully saturated rings. The summed E-state index contributed by atoms with van der Waals surface area (Å²) in [6, 6.07) is 6.38. The van der Waals surface area contributed by atoms with Gasteiger partial charge in [0.05, 0.1) is 34.1 Å². The minimum atomic E-state index is -3.78. The highest BCUT2D eigenvalue weighted by atomic mass is 35.5. The Kier molecular flexibility index (Phi) is 7.73. The molecular weight excluding hydrogens is 594 g/mol. The van der Waals surface area contributed by atoms with Crippen LogP contribution in [0.1, 0.15) is 66.6 Å². The lowest BCUT2D eigenvalue weighted by Crippen LogP contribution is -2.39. The second-order valence-electron chi connectivity index (χ2n) is 10.9. The van der Waals surface area contributed by atoms with Crippen molar-refractivity contribution in [2.75, 3.05) is 17.2 Å². The maximum Gasteiger partial charge on any atom is 0.266 e. The lowest BCUT2D eigenvalue weighted by Gasteiger charge is -2.32. The predicted octanol–water partition coefficient (Wildman–Crippen LogP) is 5.71. The lowest BCUT2D eigenvalue weighted by atomic mass is 10.0. The monoisotopic (exact) mass is 622 g/mol. The number of nitrogens with zero attached hydrogens (tertiary/aromatic N) is 3. The highest BCUT2D eigenvalue weighted by Crippen LogP contribution is 2.47. The van der Waals surface area contributed by atoms with E-state index in [0.29, 0.717) is 53.2 Å². The van der Waals surface area contributed by atoms with E-state index in [2.05, 4.69) is 10.1 Å². The summed E-state index contributed by atoms with van der Waals surface area (Å²) in [5.74, 6) is -0.313. The van der Waals surface area contributed by atoms with Gasteiger partial charge in [-0.05, 0) is 50.3 Å². The zero-order chi connectivity index (χ0) is 28.9. The number of sulfonamides is 1. The molecule has 1 unspecified atom stereocenters. The van der Waals surface area contributed by atoms with Crippen molar-refractivity contribution in [3.8, 4) is 11.3 Å². The first-order valence-electron chi connectivity index (χ1n) is 13.7. The summed E-state index contributed by atoms with van der Waals surface area (Å²) in [6.07, 6.45) is 5.12. The van der Waals surface area contributed by atoms with Gasteiger partial charge < -0.3 is 14.2 Å². The van der Waals surface area contributed by atoms with Crippen molar-refractivity contribution in [1.82, 2.24) is 14.9 Å². The van der Waals surface area contributed by atoms with E-state index in [9.17, 15) is 13.2 Å². The second-order valence-corrected chi connectivity index (χ2v) is 13.6. The van der Waals surface area contributed by atoms with Gasteiger partial charge >= 0.3 is 0 Å². The fourth-order valence-electron chi connectivity index (χ4n) is 5.89. The summed E-state index contributed by atoms with van der Waals surface area (Å²) < 4.78 is 53.0. The molecule has 2 aromatic heterocycles. The van der Waals surface area contributed by atoms with Crippen molar-refractivity contribution in [2.45, 2.75) is 63.7 Å². The number of hydrogen-bond donors (Lipinski definition) is 1. The van der Waals surface area contributed by atoms with E-state index in [1.54, 1.807) is 25.1 Å². The van der Waals surface area contributed by atoms with Crippen molar-refractivity contribution >= 4 is 45.0 Å². The number of nitrogens with one attached hydrogen (secondary N) is 1. The van der Waals surface area contributed by atoms with Crippen molar-refractivity contribution in [1.29, 1.82) is 0 Å². The van der Waals surface area contributed by atoms with Crippen LogP contribution in [0.15, 0.2) is 35.0 Å². The Balaban J connectivity index is 1.13. The molecule has 1 aliphatic heterocycles. The molecule has 218 valence electrons. The van der Waals surface area contributed by atoms with Crippen LogP contribution in [0.25, 0.3) is 11.3 Å². The van der Waals surface area contributed by atoms with E-state index >= 15 is 4.39 Å². The van der Waals surface area contributed by atoms with Crippen LogP contribution in [0, 0.1) is 11.7 Å². The predicted molar refractivity (Wildman–Crippen MR) is 152 cm³/mol. The molecule has 3 atom stereocenters. The van der Waals surface area contributed by atoms with Gasteiger partial charge in [-0.3, -0.25) is 4.79 Å². The van der Waals surface area contributed by atoms with Crippen LogP contribution in [0.3, 0.4) is 0 Å². The highest BCUT2D eigenvalue weighted by Gasteiger charge is 2.47. The molecule has 0 radical (unpaired) electrons. The van der Waals surface area contributed by atoms with Gasteiger partial charge in [-0.25, -0.2) is 22.5 Å². The zero-order valence-electron chi connectivity index (χ0n) is 22.3. The van der Waals surface area contributed by atoms with Gasteiger partial charge in [-0.15, -0.1) is 0 Å². The summed E-state index contributed by atoms with van der Waals surface area (Å²) >= 11 is 13.0. The van der Waals surface area contributed by atoms with Crippen LogP contribution < -0.4 is 9.62 Å². The second kappa shape index (κ2) is 11.2. The highest BCUT2D eigenvalue weighted by molar-refractivity contribution is 7.90. The van der Waals surface area contributed by atoms with Crippen molar-refractivity contribution in [3.05, 3.63) is 63.2 Å². The number of rotatable bonds is 10. The molecule has 3 heterocycles. The van der Waals surface area contributed by atoms with Crippen LogP contribution in [-0.4, -0.2) is 48.9 Å². The number of ether oxygens (including phenoxy) is 1. The summed E-state index contributed by atoms with van der Waals surface area (Å²) in [5.41, 5.74) is 1.95. The average molecular weight is 624 g/mol. The van der Waals surface area contributed by atoms with Crippen LogP contribution in [0.4, 0.5) is 10.2 Å². The minimum Gasteiger partial charge on any atom is -0.373 e. The fourth-order valence-corrected chi connectivity index (χ4v) is 7.51. The van der Waals surface area contributed by atoms with E-state index in [1.165, 1.54) is 6.20 Å². The number of carbonyl (C=O) groups excluding carboxylic acids is 1. The molecule has 2 saturated carbocycles. The largest absolute Gasteiger partial charge is 0.373 e. The number of amides is 1. The Morgan fingerprint density at radius 2 is 2.00 bits per heavy atom. The molecular formula is C28H29Cl2FN4O5S. The van der Waals surface area contributed by atoms with Crippen LogP contribution in [-0.2, 0) is 21.4 Å². The van der Waals surface area contributed by atoms with Crippen LogP contribution >= 0.6 is 23.2 Å². The number of carbonyl (C=O) groups is 1. The number of aromatic nitrogens is 2. The number of hydrogen-bond acceptors (Lipinski definition) is 8. The molecule has 1 N–H and O–H groups in total. The number of halogens is 3. The van der Waals surface area contributed by atoms with Gasteiger partial charge in [0.2, 0.25) is 10.0 Å². The van der Waals surface area contributed by atoms with Gasteiger partial charge in [0, 0.05) is 41.7 Å². The number of anilines is 1. The van der Waals surface area contributed by atoms with Crippen molar-refractivity contribution in [3.63, 3.8) is 0 Å². The standard InChI is InChI=1S/C28H29Cl2FN4O5S/c1-2-8-41(37,38)34-28(36)16-10-22(31)27(32-12-16)35-13-17-9-18(35)11-23(17)39-14-19-25(33-40-26(19)15-6-7-15)24-20(29)4-3-5-21(24)30/h3-5,10,12,15,17-18,23H,2,6-9,11,13-14H2,1H3,(H,34,36)/t17-,18?,23+/m0/s1. The van der Waals surface area contributed by atoms with Gasteiger partial charge in [-0.2, -0.15) is 0 Å². The molecule has 0 spiro atoms. The molecule has 9 nitrogen and oxygen atoms in total. The number of benzene rings is 1. The molecule has 2 bridgehead atoms. The summed E-state index contributed by atoms with van der Waals surface area (Å²) in [6.45, 7) is 2.54. The maximum absolute atomic E-state index is 15.1. The molecule has 41 heavy (non-hydrogen) atoms. The van der Waals surface area contributed by atoms with Gasteiger partial charge in [0.25, 0.3) is 5.91 Å². The van der Waals surface area contributed by atoms with Gasteiger partial charge in [0.1, 0.15) is 11.5 Å². The third kappa shape index (κ3) is 5.69. The third-order valence-corrected chi connectivity index (χ3v) is 10.0. The number of piperidine rings is 1. The van der Waals surface area contributed by atoms with Crippen molar-refractivity contribution in [2.24, 2.45) is 5.92 Å². The van der Waals surface area contributed by atoms with Gasteiger partial charge in [-0.1, -0.05) is 41.3 Å². The lowest BCUT2D eigenvalue weighted by molar-refractivity contribution is 0.0121. The molecule has 1 saturated heterocycles. The van der Waals surface area contributed by atoms with Gasteiger partial charge in [0.15, 0.2) is 11.6 Å². The molecule has 1 aromatic carbocycles. The average Bonchev–Trinajstić information content (AvgIpc) is 3.37. The zero-order valence-corrected chi connectivity index (χ0v) is 24.6. The summed E-state index contributed by atoms with van der Waals surface area (Å²) in [4.78, 5) is 18.4. The van der Waals surface area contributed by atoms with Crippen molar-refractivity contribution < 1.29 is 26.9 Å². The number of fused-ring (bicyclic) bond motifs is 2. The third-order valence-electron chi connectivity index (χ3n) is 7.96. The maximum atomic E-state index is 15.1. The Morgan fingerprint density at radius 1 is 1.24 bits per heavy atom. The molecule has 6 rings (SSSR count). The smallest absolute Gasteiger partial charge is 0.266 e. The Hall–Kier alpha value is -2.73. The topological polar surface area (TPSA) is 115 Å². The molecule has 2 aliphatic carbocycles. The van der Waals surface area contributed by atoms with E-state index in [0.717, 1.165) is 36.7 Å². The Labute approximate surface area is 247 Å². The minimum absolute atomic E-state index is 0.0273. The van der Waals surface area contributed by atoms with Crippen LogP contribution in [0.5, 0.6) is 0 Å². The first kappa shape index (κ1) is 28.4.